The summed E-state index contributed by atoms with van der Waals surface area (Å²) >= 11 is 0. The van der Waals surface area contributed by atoms with Gasteiger partial charge >= 0.3 is 0 Å². The number of halogens is 1. The summed E-state index contributed by atoms with van der Waals surface area (Å²) in [6.45, 7) is 1.91. The minimum absolute atomic E-state index is 0.365. The lowest BCUT2D eigenvalue weighted by atomic mass is 10.0. The van der Waals surface area contributed by atoms with E-state index in [2.05, 4.69) is 10.6 Å². The number of anilines is 2. The SMILES string of the molecule is COc1ccc(C)cc1NC(=O)C1(C(=O)Nc2ccc(F)cc2)CC1. The molecule has 2 aromatic rings. The molecular weight excluding hydrogens is 323 g/mol. The normalized spacial score (nSPS) is 14.5. The number of hydrogen-bond acceptors (Lipinski definition) is 3. The van der Waals surface area contributed by atoms with Gasteiger partial charge in [0, 0.05) is 5.69 Å². The molecule has 0 atom stereocenters. The lowest BCUT2D eigenvalue weighted by Crippen LogP contribution is -2.35. The Morgan fingerprint density at radius 2 is 1.68 bits per heavy atom. The van der Waals surface area contributed by atoms with Crippen molar-refractivity contribution >= 4 is 23.2 Å². The molecule has 2 amide bonds. The lowest BCUT2D eigenvalue weighted by molar-refractivity contribution is -0.131. The van der Waals surface area contributed by atoms with Crippen molar-refractivity contribution in [1.29, 1.82) is 0 Å². The third-order valence-electron chi connectivity index (χ3n) is 4.32. The number of carbonyl (C=O) groups excluding carboxylic acids is 2. The first-order valence-corrected chi connectivity index (χ1v) is 7.98. The minimum atomic E-state index is -1.09. The van der Waals surface area contributed by atoms with Gasteiger partial charge in [-0.05, 0) is 61.7 Å². The van der Waals surface area contributed by atoms with Crippen molar-refractivity contribution in [3.63, 3.8) is 0 Å². The largest absolute Gasteiger partial charge is 0.495 e. The van der Waals surface area contributed by atoms with Crippen LogP contribution in [-0.4, -0.2) is 18.9 Å². The van der Waals surface area contributed by atoms with Crippen molar-refractivity contribution in [2.45, 2.75) is 19.8 Å². The van der Waals surface area contributed by atoms with E-state index in [-0.39, 0.29) is 17.6 Å². The third-order valence-corrected chi connectivity index (χ3v) is 4.32. The molecule has 2 aromatic carbocycles. The van der Waals surface area contributed by atoms with Crippen LogP contribution in [0.2, 0.25) is 0 Å². The Kier molecular flexibility index (Phi) is 4.44. The van der Waals surface area contributed by atoms with E-state index in [1.54, 1.807) is 12.1 Å². The van der Waals surface area contributed by atoms with E-state index in [1.807, 2.05) is 13.0 Å². The predicted octanol–water partition coefficient (Wildman–Crippen LogP) is 3.50. The molecule has 0 aliphatic heterocycles. The fourth-order valence-electron chi connectivity index (χ4n) is 2.63. The van der Waals surface area contributed by atoms with Crippen molar-refractivity contribution in [2.24, 2.45) is 5.41 Å². The zero-order chi connectivity index (χ0) is 18.0. The molecule has 3 rings (SSSR count). The van der Waals surface area contributed by atoms with Gasteiger partial charge in [-0.15, -0.1) is 0 Å². The number of hydrogen-bond donors (Lipinski definition) is 2. The van der Waals surface area contributed by atoms with Crippen LogP contribution >= 0.6 is 0 Å². The van der Waals surface area contributed by atoms with Crippen LogP contribution in [-0.2, 0) is 9.59 Å². The van der Waals surface area contributed by atoms with Crippen molar-refractivity contribution in [1.82, 2.24) is 0 Å². The van der Waals surface area contributed by atoms with Gasteiger partial charge in [0.05, 0.1) is 12.8 Å². The molecule has 5 nitrogen and oxygen atoms in total. The minimum Gasteiger partial charge on any atom is -0.495 e. The summed E-state index contributed by atoms with van der Waals surface area (Å²) in [4.78, 5) is 25.2. The molecule has 1 aliphatic rings. The van der Waals surface area contributed by atoms with Crippen LogP contribution in [0.4, 0.5) is 15.8 Å². The van der Waals surface area contributed by atoms with Crippen LogP contribution < -0.4 is 15.4 Å². The van der Waals surface area contributed by atoms with Crippen LogP contribution in [0.1, 0.15) is 18.4 Å². The predicted molar refractivity (Wildman–Crippen MR) is 93.1 cm³/mol. The van der Waals surface area contributed by atoms with Crippen LogP contribution in [0.15, 0.2) is 42.5 Å². The summed E-state index contributed by atoms with van der Waals surface area (Å²) in [7, 11) is 1.52. The number of aryl methyl sites for hydroxylation is 1. The molecule has 6 heteroatoms. The Hall–Kier alpha value is -2.89. The molecule has 0 heterocycles. The molecule has 25 heavy (non-hydrogen) atoms. The van der Waals surface area contributed by atoms with Gasteiger partial charge < -0.3 is 15.4 Å². The van der Waals surface area contributed by atoms with Crippen LogP contribution in [0.25, 0.3) is 0 Å². The summed E-state index contributed by atoms with van der Waals surface area (Å²) in [5.41, 5.74) is 0.868. The summed E-state index contributed by atoms with van der Waals surface area (Å²) in [6, 6.07) is 10.9. The molecule has 0 saturated heterocycles. The number of amides is 2. The van der Waals surface area contributed by atoms with Crippen molar-refractivity contribution < 1.29 is 18.7 Å². The lowest BCUT2D eigenvalue weighted by Gasteiger charge is -2.17. The van der Waals surface area contributed by atoms with Gasteiger partial charge in [-0.25, -0.2) is 4.39 Å². The Labute approximate surface area is 145 Å². The summed E-state index contributed by atoms with van der Waals surface area (Å²) in [6.07, 6.45) is 0.944. The van der Waals surface area contributed by atoms with Gasteiger partial charge in [0.1, 0.15) is 17.0 Å². The van der Waals surface area contributed by atoms with E-state index in [0.29, 0.717) is 30.0 Å². The summed E-state index contributed by atoms with van der Waals surface area (Å²) in [5, 5.41) is 5.48. The highest BCUT2D eigenvalue weighted by molar-refractivity contribution is 6.17. The number of rotatable bonds is 5. The van der Waals surface area contributed by atoms with Gasteiger partial charge in [0.2, 0.25) is 11.8 Å². The van der Waals surface area contributed by atoms with Crippen molar-refractivity contribution in [3.8, 4) is 5.75 Å². The Bertz CT molecular complexity index is 814. The standard InChI is InChI=1S/C19H19FN2O3/c1-12-3-8-16(25-2)15(11-12)22-18(24)19(9-10-19)17(23)21-14-6-4-13(20)5-7-14/h3-8,11H,9-10H2,1-2H3,(H,21,23)(H,22,24). The maximum absolute atomic E-state index is 13.0. The van der Waals surface area contributed by atoms with Crippen molar-refractivity contribution in [3.05, 3.63) is 53.8 Å². The fraction of sp³-hybridized carbons (Fsp3) is 0.263. The molecule has 0 aromatic heterocycles. The molecule has 0 radical (unpaired) electrons. The fourth-order valence-corrected chi connectivity index (χ4v) is 2.63. The molecule has 2 N–H and O–H groups in total. The number of benzene rings is 2. The Morgan fingerprint density at radius 3 is 2.28 bits per heavy atom. The van der Waals surface area contributed by atoms with E-state index in [1.165, 1.54) is 31.4 Å². The van der Waals surface area contributed by atoms with E-state index in [9.17, 15) is 14.0 Å². The van der Waals surface area contributed by atoms with Crippen LogP contribution in [0.3, 0.4) is 0 Å². The Morgan fingerprint density at radius 1 is 1.04 bits per heavy atom. The second kappa shape index (κ2) is 6.55. The quantitative estimate of drug-likeness (QED) is 0.817. The second-order valence-electron chi connectivity index (χ2n) is 6.20. The molecule has 0 unspecified atom stereocenters. The average molecular weight is 342 g/mol. The summed E-state index contributed by atoms with van der Waals surface area (Å²) in [5.74, 6) is -0.601. The maximum Gasteiger partial charge on any atom is 0.240 e. The summed E-state index contributed by atoms with van der Waals surface area (Å²) < 4.78 is 18.2. The number of methoxy groups -OCH3 is 1. The monoisotopic (exact) mass is 342 g/mol. The average Bonchev–Trinajstić information content (AvgIpc) is 3.39. The van der Waals surface area contributed by atoms with Gasteiger partial charge in [-0.2, -0.15) is 0 Å². The molecule has 0 bridgehead atoms. The van der Waals surface area contributed by atoms with Crippen molar-refractivity contribution in [2.75, 3.05) is 17.7 Å². The molecule has 0 spiro atoms. The molecule has 130 valence electrons. The second-order valence-corrected chi connectivity index (χ2v) is 6.20. The first-order valence-electron chi connectivity index (χ1n) is 7.98. The zero-order valence-electron chi connectivity index (χ0n) is 14.1. The molecular formula is C19H19FN2O3. The molecule has 1 aliphatic carbocycles. The number of carbonyl (C=O) groups is 2. The highest BCUT2D eigenvalue weighted by Crippen LogP contribution is 2.48. The topological polar surface area (TPSA) is 67.4 Å². The van der Waals surface area contributed by atoms with E-state index in [0.717, 1.165) is 5.56 Å². The maximum atomic E-state index is 13.0. The van der Waals surface area contributed by atoms with E-state index >= 15 is 0 Å². The first kappa shape index (κ1) is 17.0. The highest BCUT2D eigenvalue weighted by Gasteiger charge is 2.56. The van der Waals surface area contributed by atoms with Crippen LogP contribution in [0, 0.1) is 18.2 Å². The third kappa shape index (κ3) is 3.47. The van der Waals surface area contributed by atoms with Gasteiger partial charge in [0.25, 0.3) is 0 Å². The highest BCUT2D eigenvalue weighted by atomic mass is 19.1. The van der Waals surface area contributed by atoms with E-state index < -0.39 is 5.41 Å². The van der Waals surface area contributed by atoms with Crippen LogP contribution in [0.5, 0.6) is 5.75 Å². The molecule has 1 saturated carbocycles. The molecule has 1 fully saturated rings. The van der Waals surface area contributed by atoms with Gasteiger partial charge in [-0.3, -0.25) is 9.59 Å². The number of nitrogens with one attached hydrogen (secondary N) is 2. The smallest absolute Gasteiger partial charge is 0.240 e. The number of ether oxygens (including phenoxy) is 1. The Balaban J connectivity index is 1.74. The first-order chi connectivity index (χ1) is 11.9. The van der Waals surface area contributed by atoms with Gasteiger partial charge in [0.15, 0.2) is 0 Å². The zero-order valence-corrected chi connectivity index (χ0v) is 14.1. The van der Waals surface area contributed by atoms with E-state index in [4.69, 9.17) is 4.74 Å². The van der Waals surface area contributed by atoms with Gasteiger partial charge in [-0.1, -0.05) is 6.07 Å².